The van der Waals surface area contributed by atoms with Crippen molar-refractivity contribution in [1.82, 2.24) is 10.2 Å². The molecule has 2 amide bonds. The molecule has 1 aliphatic rings. The number of halogens is 1. The highest BCUT2D eigenvalue weighted by atomic mass is 19.1. The Balaban J connectivity index is 1.72. The lowest BCUT2D eigenvalue weighted by molar-refractivity contribution is 0.157. The molecule has 0 saturated carbocycles. The van der Waals surface area contributed by atoms with Gasteiger partial charge in [0.2, 0.25) is 0 Å². The van der Waals surface area contributed by atoms with Crippen LogP contribution in [-0.4, -0.2) is 37.1 Å². The van der Waals surface area contributed by atoms with E-state index >= 15 is 0 Å². The third kappa shape index (κ3) is 5.64. The standard InChI is InChI=1S/C17H26FN3O/c1-13(2)11-21-9-3-4-14(12-21)10-19-17(22)20-16-7-5-15(18)6-8-16/h5-8,13-14H,3-4,9-12H2,1-2H3,(H2,19,20,22)/t14-/m0/s1. The van der Waals surface area contributed by atoms with Crippen molar-refractivity contribution in [1.29, 1.82) is 0 Å². The third-order valence-electron chi connectivity index (χ3n) is 3.88. The highest BCUT2D eigenvalue weighted by Crippen LogP contribution is 2.17. The number of urea groups is 1. The molecule has 0 aromatic heterocycles. The van der Waals surface area contributed by atoms with Crippen LogP contribution < -0.4 is 10.6 Å². The van der Waals surface area contributed by atoms with Gasteiger partial charge in [-0.15, -0.1) is 0 Å². The molecular formula is C17H26FN3O. The lowest BCUT2D eigenvalue weighted by Gasteiger charge is -2.33. The van der Waals surface area contributed by atoms with Crippen LogP contribution in [0.15, 0.2) is 24.3 Å². The van der Waals surface area contributed by atoms with Crippen molar-refractivity contribution in [3.63, 3.8) is 0 Å². The first-order valence-corrected chi connectivity index (χ1v) is 8.05. The van der Waals surface area contributed by atoms with Gasteiger partial charge in [0.1, 0.15) is 5.82 Å². The summed E-state index contributed by atoms with van der Waals surface area (Å²) in [6.45, 7) is 8.49. The van der Waals surface area contributed by atoms with Gasteiger partial charge in [-0.25, -0.2) is 9.18 Å². The number of hydrogen-bond acceptors (Lipinski definition) is 2. The van der Waals surface area contributed by atoms with Crippen molar-refractivity contribution in [3.05, 3.63) is 30.1 Å². The Morgan fingerprint density at radius 1 is 1.36 bits per heavy atom. The molecule has 1 saturated heterocycles. The minimum absolute atomic E-state index is 0.229. The summed E-state index contributed by atoms with van der Waals surface area (Å²) < 4.78 is 12.8. The van der Waals surface area contributed by atoms with Crippen molar-refractivity contribution in [2.45, 2.75) is 26.7 Å². The minimum Gasteiger partial charge on any atom is -0.338 e. The first-order chi connectivity index (χ1) is 10.5. The maximum atomic E-state index is 12.8. The Morgan fingerprint density at radius 2 is 2.09 bits per heavy atom. The second-order valence-corrected chi connectivity index (χ2v) is 6.50. The molecule has 1 atom stereocenters. The first kappa shape index (κ1) is 16.7. The van der Waals surface area contributed by atoms with Gasteiger partial charge in [0, 0.05) is 25.3 Å². The zero-order valence-corrected chi connectivity index (χ0v) is 13.4. The molecule has 5 heteroatoms. The normalized spacial score (nSPS) is 19.2. The van der Waals surface area contributed by atoms with Gasteiger partial charge in [-0.2, -0.15) is 0 Å². The Bertz CT molecular complexity index is 475. The number of hydrogen-bond donors (Lipinski definition) is 2. The SMILES string of the molecule is CC(C)CN1CCC[C@@H](CNC(=O)Nc2ccc(F)cc2)C1. The predicted octanol–water partition coefficient (Wildman–Crippen LogP) is 3.32. The van der Waals surface area contributed by atoms with Crippen LogP contribution in [0, 0.1) is 17.7 Å². The summed E-state index contributed by atoms with van der Waals surface area (Å²) in [6.07, 6.45) is 2.35. The van der Waals surface area contributed by atoms with E-state index in [-0.39, 0.29) is 11.8 Å². The van der Waals surface area contributed by atoms with Crippen LogP contribution in [-0.2, 0) is 0 Å². The van der Waals surface area contributed by atoms with Gasteiger partial charge in [-0.3, -0.25) is 0 Å². The number of rotatable bonds is 5. The molecule has 4 nitrogen and oxygen atoms in total. The molecule has 0 radical (unpaired) electrons. The molecule has 2 rings (SSSR count). The molecule has 2 N–H and O–H groups in total. The van der Waals surface area contributed by atoms with Gasteiger partial charge in [-0.05, 0) is 55.5 Å². The van der Waals surface area contributed by atoms with Crippen LogP contribution in [0.2, 0.25) is 0 Å². The molecule has 1 aromatic carbocycles. The quantitative estimate of drug-likeness (QED) is 0.876. The van der Waals surface area contributed by atoms with E-state index in [4.69, 9.17) is 0 Å². The van der Waals surface area contributed by atoms with Crippen LogP contribution >= 0.6 is 0 Å². The average Bonchev–Trinajstić information content (AvgIpc) is 2.47. The minimum atomic E-state index is -0.307. The van der Waals surface area contributed by atoms with E-state index in [0.717, 1.165) is 26.1 Å². The van der Waals surface area contributed by atoms with Gasteiger partial charge in [0.25, 0.3) is 0 Å². The van der Waals surface area contributed by atoms with Crippen LogP contribution in [0.3, 0.4) is 0 Å². The third-order valence-corrected chi connectivity index (χ3v) is 3.88. The molecule has 0 spiro atoms. The molecule has 22 heavy (non-hydrogen) atoms. The first-order valence-electron chi connectivity index (χ1n) is 8.05. The average molecular weight is 307 g/mol. The van der Waals surface area contributed by atoms with Crippen molar-refractivity contribution in [2.75, 3.05) is 31.5 Å². The molecular weight excluding hydrogens is 281 g/mol. The predicted molar refractivity (Wildman–Crippen MR) is 87.4 cm³/mol. The Kier molecular flexibility index (Phi) is 6.19. The maximum absolute atomic E-state index is 12.8. The van der Waals surface area contributed by atoms with Crippen LogP contribution in [0.5, 0.6) is 0 Å². The Morgan fingerprint density at radius 3 is 2.77 bits per heavy atom. The Hall–Kier alpha value is -1.62. The summed E-state index contributed by atoms with van der Waals surface area (Å²) in [5, 5.41) is 5.64. The summed E-state index contributed by atoms with van der Waals surface area (Å²) >= 11 is 0. The van der Waals surface area contributed by atoms with Crippen molar-refractivity contribution in [2.24, 2.45) is 11.8 Å². The smallest absolute Gasteiger partial charge is 0.319 e. The van der Waals surface area contributed by atoms with E-state index in [1.165, 1.54) is 18.6 Å². The van der Waals surface area contributed by atoms with E-state index in [2.05, 4.69) is 29.4 Å². The number of benzene rings is 1. The molecule has 1 aliphatic heterocycles. The summed E-state index contributed by atoms with van der Waals surface area (Å²) in [4.78, 5) is 14.4. The number of nitrogens with zero attached hydrogens (tertiary/aromatic N) is 1. The number of likely N-dealkylation sites (tertiary alicyclic amines) is 1. The van der Waals surface area contributed by atoms with Gasteiger partial charge in [-0.1, -0.05) is 13.8 Å². The van der Waals surface area contributed by atoms with E-state index in [1.807, 2.05) is 0 Å². The van der Waals surface area contributed by atoms with Gasteiger partial charge in [0.05, 0.1) is 0 Å². The highest BCUT2D eigenvalue weighted by molar-refractivity contribution is 5.89. The van der Waals surface area contributed by atoms with Crippen LogP contribution in [0.1, 0.15) is 26.7 Å². The van der Waals surface area contributed by atoms with Crippen LogP contribution in [0.25, 0.3) is 0 Å². The molecule has 1 heterocycles. The fraction of sp³-hybridized carbons (Fsp3) is 0.588. The summed E-state index contributed by atoms with van der Waals surface area (Å²) in [6, 6.07) is 5.55. The van der Waals surface area contributed by atoms with E-state index in [0.29, 0.717) is 24.1 Å². The zero-order chi connectivity index (χ0) is 15.9. The molecule has 0 aliphatic carbocycles. The molecule has 0 bridgehead atoms. The fourth-order valence-electron chi connectivity index (χ4n) is 2.95. The van der Waals surface area contributed by atoms with Gasteiger partial charge >= 0.3 is 6.03 Å². The summed E-state index contributed by atoms with van der Waals surface area (Å²) in [5.41, 5.74) is 0.601. The van der Waals surface area contributed by atoms with Crippen molar-refractivity contribution < 1.29 is 9.18 Å². The largest absolute Gasteiger partial charge is 0.338 e. The number of piperidine rings is 1. The monoisotopic (exact) mass is 307 g/mol. The number of amides is 2. The molecule has 0 unspecified atom stereocenters. The molecule has 1 fully saturated rings. The second-order valence-electron chi connectivity index (χ2n) is 6.50. The highest BCUT2D eigenvalue weighted by Gasteiger charge is 2.20. The lowest BCUT2D eigenvalue weighted by atomic mass is 9.97. The van der Waals surface area contributed by atoms with Gasteiger partial charge < -0.3 is 15.5 Å². The summed E-state index contributed by atoms with van der Waals surface area (Å²) in [5.74, 6) is 0.873. The number of nitrogens with one attached hydrogen (secondary N) is 2. The van der Waals surface area contributed by atoms with Crippen molar-refractivity contribution >= 4 is 11.7 Å². The van der Waals surface area contributed by atoms with E-state index in [1.54, 1.807) is 12.1 Å². The van der Waals surface area contributed by atoms with E-state index < -0.39 is 0 Å². The fourth-order valence-corrected chi connectivity index (χ4v) is 2.95. The van der Waals surface area contributed by atoms with Crippen molar-refractivity contribution in [3.8, 4) is 0 Å². The van der Waals surface area contributed by atoms with Gasteiger partial charge in [0.15, 0.2) is 0 Å². The van der Waals surface area contributed by atoms with Crippen LogP contribution in [0.4, 0.5) is 14.9 Å². The lowest BCUT2D eigenvalue weighted by Crippen LogP contribution is -2.43. The maximum Gasteiger partial charge on any atom is 0.319 e. The zero-order valence-electron chi connectivity index (χ0n) is 13.4. The summed E-state index contributed by atoms with van der Waals surface area (Å²) in [7, 11) is 0. The number of carbonyl (C=O) groups excluding carboxylic acids is 1. The second kappa shape index (κ2) is 8.13. The number of carbonyl (C=O) groups is 1. The molecule has 122 valence electrons. The molecule has 1 aromatic rings. The number of anilines is 1. The van der Waals surface area contributed by atoms with E-state index in [9.17, 15) is 9.18 Å². The Labute approximate surface area is 132 Å². The topological polar surface area (TPSA) is 44.4 Å².